The van der Waals surface area contributed by atoms with Gasteiger partial charge in [-0.2, -0.15) is 0 Å². The molecule has 0 spiro atoms. The number of anilines is 1. The smallest absolute Gasteiger partial charge is 0.262 e. The van der Waals surface area contributed by atoms with Gasteiger partial charge in [0.25, 0.3) is 5.91 Å². The van der Waals surface area contributed by atoms with Crippen LogP contribution < -0.4 is 10.1 Å². The molecule has 1 aromatic heterocycles. The Kier molecular flexibility index (Phi) is 4.88. The summed E-state index contributed by atoms with van der Waals surface area (Å²) in [5, 5.41) is 4.64. The summed E-state index contributed by atoms with van der Waals surface area (Å²) in [5.74, 6) is 0.111. The average Bonchev–Trinajstić information content (AvgIpc) is 2.54. The second kappa shape index (κ2) is 7.07. The number of nitrogens with one attached hydrogen (secondary N) is 1. The summed E-state index contributed by atoms with van der Waals surface area (Å²) in [6.45, 7) is 1.74. The fourth-order valence-electron chi connectivity index (χ4n) is 2.27. The lowest BCUT2D eigenvalue weighted by molar-refractivity contribution is -0.118. The summed E-state index contributed by atoms with van der Waals surface area (Å²) in [6, 6.07) is 14.4. The lowest BCUT2D eigenvalue weighted by atomic mass is 10.1. The molecule has 3 rings (SSSR count). The number of hydrogen-bond acceptors (Lipinski definition) is 3. The molecule has 0 aliphatic rings. The highest BCUT2D eigenvalue weighted by atomic mass is 35.5. The molecule has 0 atom stereocenters. The second-order valence-corrected chi connectivity index (χ2v) is 6.09. The van der Waals surface area contributed by atoms with Gasteiger partial charge in [0.15, 0.2) is 6.61 Å². The van der Waals surface area contributed by atoms with Crippen molar-refractivity contribution in [2.24, 2.45) is 0 Å². The van der Waals surface area contributed by atoms with Gasteiger partial charge in [0.2, 0.25) is 0 Å². The Hall–Kier alpha value is -2.30. The van der Waals surface area contributed by atoms with Crippen molar-refractivity contribution in [3.05, 3.63) is 64.3 Å². The van der Waals surface area contributed by atoms with Crippen LogP contribution >= 0.6 is 23.2 Å². The number of carbonyl (C=O) groups is 1. The topological polar surface area (TPSA) is 51.2 Å². The lowest BCUT2D eigenvalue weighted by Crippen LogP contribution is -2.20. The number of hydrogen-bond donors (Lipinski definition) is 1. The van der Waals surface area contributed by atoms with E-state index in [1.54, 1.807) is 18.2 Å². The molecule has 0 bridgehead atoms. The van der Waals surface area contributed by atoms with Crippen molar-refractivity contribution < 1.29 is 9.53 Å². The Labute approximate surface area is 149 Å². The first-order chi connectivity index (χ1) is 11.5. The van der Waals surface area contributed by atoms with Crippen molar-refractivity contribution in [2.45, 2.75) is 6.92 Å². The quantitative estimate of drug-likeness (QED) is 0.722. The molecule has 2 aromatic carbocycles. The average molecular weight is 361 g/mol. The van der Waals surface area contributed by atoms with Crippen molar-refractivity contribution in [3.8, 4) is 5.75 Å². The van der Waals surface area contributed by atoms with E-state index in [1.165, 1.54) is 0 Å². The SMILES string of the molecule is Cc1ccc2cccc(NC(=O)COc3ccc(Cl)cc3Cl)c2n1. The highest BCUT2D eigenvalue weighted by Gasteiger charge is 2.09. The molecule has 0 aliphatic heterocycles. The van der Waals surface area contributed by atoms with Gasteiger partial charge >= 0.3 is 0 Å². The number of para-hydroxylation sites is 1. The molecule has 6 heteroatoms. The van der Waals surface area contributed by atoms with Gasteiger partial charge in [-0.25, -0.2) is 0 Å². The predicted molar refractivity (Wildman–Crippen MR) is 97.1 cm³/mol. The van der Waals surface area contributed by atoms with Crippen molar-refractivity contribution in [1.82, 2.24) is 4.98 Å². The Balaban J connectivity index is 1.72. The summed E-state index contributed by atoms with van der Waals surface area (Å²) in [5.41, 5.74) is 2.27. The second-order valence-electron chi connectivity index (χ2n) is 5.24. The van der Waals surface area contributed by atoms with Crippen LogP contribution in [0.4, 0.5) is 5.69 Å². The molecular formula is C18H14Cl2N2O2. The molecule has 1 heterocycles. The fraction of sp³-hybridized carbons (Fsp3) is 0.111. The van der Waals surface area contributed by atoms with Crippen LogP contribution in [0.1, 0.15) is 5.69 Å². The number of aryl methyl sites for hydroxylation is 1. The summed E-state index contributed by atoms with van der Waals surface area (Å²) >= 11 is 11.8. The Bertz CT molecular complexity index is 913. The van der Waals surface area contributed by atoms with E-state index in [4.69, 9.17) is 27.9 Å². The molecule has 24 heavy (non-hydrogen) atoms. The van der Waals surface area contributed by atoms with E-state index in [2.05, 4.69) is 10.3 Å². The summed E-state index contributed by atoms with van der Waals surface area (Å²) < 4.78 is 5.44. The molecule has 122 valence electrons. The maximum Gasteiger partial charge on any atom is 0.262 e. The highest BCUT2D eigenvalue weighted by Crippen LogP contribution is 2.27. The first-order valence-electron chi connectivity index (χ1n) is 7.27. The molecule has 0 radical (unpaired) electrons. The van der Waals surface area contributed by atoms with E-state index in [9.17, 15) is 4.79 Å². The molecule has 0 fully saturated rings. The Morgan fingerprint density at radius 1 is 1.17 bits per heavy atom. The summed E-state index contributed by atoms with van der Waals surface area (Å²) in [6.07, 6.45) is 0. The third kappa shape index (κ3) is 3.78. The molecule has 0 unspecified atom stereocenters. The van der Waals surface area contributed by atoms with Gasteiger partial charge in [-0.3, -0.25) is 9.78 Å². The third-order valence-electron chi connectivity index (χ3n) is 3.39. The zero-order valence-electron chi connectivity index (χ0n) is 12.8. The van der Waals surface area contributed by atoms with Gasteiger partial charge in [0, 0.05) is 16.1 Å². The van der Waals surface area contributed by atoms with Gasteiger partial charge in [0.1, 0.15) is 5.75 Å². The number of rotatable bonds is 4. The molecule has 4 nitrogen and oxygen atoms in total. The van der Waals surface area contributed by atoms with Gasteiger partial charge < -0.3 is 10.1 Å². The number of amides is 1. The summed E-state index contributed by atoms with van der Waals surface area (Å²) in [7, 11) is 0. The first kappa shape index (κ1) is 16.6. The standard InChI is InChI=1S/C18H14Cl2N2O2/c1-11-5-6-12-3-2-4-15(18(12)21-11)22-17(23)10-24-16-8-7-13(19)9-14(16)20/h2-9H,10H2,1H3,(H,22,23). The van der Waals surface area contributed by atoms with Gasteiger partial charge in [-0.1, -0.05) is 41.4 Å². The normalized spacial score (nSPS) is 10.6. The third-order valence-corrected chi connectivity index (χ3v) is 3.92. The van der Waals surface area contributed by atoms with Crippen molar-refractivity contribution in [2.75, 3.05) is 11.9 Å². The van der Waals surface area contributed by atoms with Crippen LogP contribution in [-0.2, 0) is 4.79 Å². The van der Waals surface area contributed by atoms with Crippen LogP contribution in [0.3, 0.4) is 0 Å². The largest absolute Gasteiger partial charge is 0.482 e. The van der Waals surface area contributed by atoms with Crippen LogP contribution in [0.15, 0.2) is 48.5 Å². The van der Waals surface area contributed by atoms with E-state index in [0.29, 0.717) is 21.5 Å². The van der Waals surface area contributed by atoms with Crippen molar-refractivity contribution in [3.63, 3.8) is 0 Å². The van der Waals surface area contributed by atoms with Crippen LogP contribution in [0, 0.1) is 6.92 Å². The maximum atomic E-state index is 12.2. The highest BCUT2D eigenvalue weighted by molar-refractivity contribution is 6.35. The van der Waals surface area contributed by atoms with E-state index < -0.39 is 0 Å². The molecule has 3 aromatic rings. The number of ether oxygens (including phenoxy) is 1. The number of benzene rings is 2. The molecular weight excluding hydrogens is 347 g/mol. The molecule has 0 saturated heterocycles. The Morgan fingerprint density at radius 3 is 2.79 bits per heavy atom. The van der Waals surface area contributed by atoms with Crippen LogP contribution in [0.25, 0.3) is 10.9 Å². The van der Waals surface area contributed by atoms with Gasteiger partial charge in [-0.15, -0.1) is 0 Å². The number of carbonyl (C=O) groups excluding carboxylic acids is 1. The van der Waals surface area contributed by atoms with Gasteiger partial charge in [0.05, 0.1) is 16.2 Å². The van der Waals surface area contributed by atoms with E-state index in [0.717, 1.165) is 16.6 Å². The molecule has 1 N–H and O–H groups in total. The fourth-order valence-corrected chi connectivity index (χ4v) is 2.73. The Morgan fingerprint density at radius 2 is 2.00 bits per heavy atom. The van der Waals surface area contributed by atoms with E-state index in [-0.39, 0.29) is 12.5 Å². The molecule has 1 amide bonds. The zero-order chi connectivity index (χ0) is 17.1. The predicted octanol–water partition coefficient (Wildman–Crippen LogP) is 4.87. The maximum absolute atomic E-state index is 12.2. The van der Waals surface area contributed by atoms with Crippen molar-refractivity contribution >= 4 is 45.7 Å². The van der Waals surface area contributed by atoms with Crippen LogP contribution in [0.5, 0.6) is 5.75 Å². The summed E-state index contributed by atoms with van der Waals surface area (Å²) in [4.78, 5) is 16.6. The minimum Gasteiger partial charge on any atom is -0.482 e. The molecule has 0 aliphatic carbocycles. The number of nitrogens with zero attached hydrogens (tertiary/aromatic N) is 1. The number of pyridine rings is 1. The van der Waals surface area contributed by atoms with E-state index in [1.807, 2.05) is 37.3 Å². The number of fused-ring (bicyclic) bond motifs is 1. The van der Waals surface area contributed by atoms with Gasteiger partial charge in [-0.05, 0) is 37.3 Å². The monoisotopic (exact) mass is 360 g/mol. The van der Waals surface area contributed by atoms with E-state index >= 15 is 0 Å². The minimum atomic E-state index is -0.295. The van der Waals surface area contributed by atoms with Crippen LogP contribution in [-0.4, -0.2) is 17.5 Å². The number of halogens is 2. The lowest BCUT2D eigenvalue weighted by Gasteiger charge is -2.10. The van der Waals surface area contributed by atoms with Crippen molar-refractivity contribution in [1.29, 1.82) is 0 Å². The zero-order valence-corrected chi connectivity index (χ0v) is 14.4. The number of aromatic nitrogens is 1. The molecule has 0 saturated carbocycles. The van der Waals surface area contributed by atoms with Crippen LogP contribution in [0.2, 0.25) is 10.0 Å². The minimum absolute atomic E-state index is 0.163. The first-order valence-corrected chi connectivity index (χ1v) is 8.02.